The van der Waals surface area contributed by atoms with E-state index in [4.69, 9.17) is 11.6 Å². The zero-order valence-electron chi connectivity index (χ0n) is 14.3. The van der Waals surface area contributed by atoms with Gasteiger partial charge < -0.3 is 0 Å². The Labute approximate surface area is 164 Å². The topological polar surface area (TPSA) is 71.9 Å². The molecule has 1 amide bonds. The Kier molecular flexibility index (Phi) is 4.79. The molecule has 0 aliphatic carbocycles. The second-order valence-electron chi connectivity index (χ2n) is 5.88. The van der Waals surface area contributed by atoms with Crippen LogP contribution in [0.4, 0.5) is 5.13 Å². The molecular weight excluding hydrogens is 382 g/mol. The number of anilines is 1. The summed E-state index contributed by atoms with van der Waals surface area (Å²) in [5.41, 5.74) is 2.94. The standard InChI is InChI=1S/C19H14ClN5OS/c1-12-4-5-14(20)17-16(12)24-19(27-17)25(11-13-3-2-6-21-9-13)18(26)15-10-22-7-8-23-15/h2-10H,11H2,1H3. The number of rotatable bonds is 4. The van der Waals surface area contributed by atoms with Crippen molar-refractivity contribution >= 4 is 44.2 Å². The normalized spacial score (nSPS) is 10.9. The quantitative estimate of drug-likeness (QED) is 0.515. The molecule has 4 aromatic rings. The zero-order chi connectivity index (χ0) is 18.8. The maximum atomic E-state index is 13.1. The molecule has 0 aliphatic rings. The SMILES string of the molecule is Cc1ccc(Cl)c2sc(N(Cc3cccnc3)C(=O)c3cnccn3)nc12. The minimum Gasteiger partial charge on any atom is -0.278 e. The summed E-state index contributed by atoms with van der Waals surface area (Å²) in [6.45, 7) is 2.29. The highest BCUT2D eigenvalue weighted by Crippen LogP contribution is 2.36. The van der Waals surface area contributed by atoms with Crippen molar-refractivity contribution in [2.75, 3.05) is 4.90 Å². The van der Waals surface area contributed by atoms with Gasteiger partial charge in [0.15, 0.2) is 5.13 Å². The number of fused-ring (bicyclic) bond motifs is 1. The minimum atomic E-state index is -0.278. The molecule has 0 bridgehead atoms. The molecule has 4 rings (SSSR count). The molecule has 0 fully saturated rings. The predicted octanol–water partition coefficient (Wildman–Crippen LogP) is 4.29. The first kappa shape index (κ1) is 17.5. The van der Waals surface area contributed by atoms with E-state index < -0.39 is 0 Å². The van der Waals surface area contributed by atoms with Crippen LogP contribution in [-0.2, 0) is 6.54 Å². The first-order chi connectivity index (χ1) is 13.1. The number of halogens is 1. The Morgan fingerprint density at radius 2 is 2.00 bits per heavy atom. The van der Waals surface area contributed by atoms with Crippen LogP contribution in [0, 0.1) is 6.92 Å². The van der Waals surface area contributed by atoms with E-state index in [1.54, 1.807) is 17.3 Å². The molecule has 6 nitrogen and oxygen atoms in total. The van der Waals surface area contributed by atoms with Gasteiger partial charge in [-0.2, -0.15) is 0 Å². The minimum absolute atomic E-state index is 0.253. The molecule has 1 aromatic carbocycles. The molecule has 0 saturated carbocycles. The monoisotopic (exact) mass is 395 g/mol. The van der Waals surface area contributed by atoms with E-state index >= 15 is 0 Å². The molecule has 0 unspecified atom stereocenters. The number of benzene rings is 1. The van der Waals surface area contributed by atoms with Crippen molar-refractivity contribution in [3.8, 4) is 0 Å². The van der Waals surface area contributed by atoms with Crippen molar-refractivity contribution in [2.24, 2.45) is 0 Å². The fourth-order valence-corrected chi connectivity index (χ4v) is 3.97. The molecule has 3 heterocycles. The Balaban J connectivity index is 1.81. The molecule has 0 atom stereocenters. The number of pyridine rings is 1. The average molecular weight is 396 g/mol. The number of aromatic nitrogens is 4. The fraction of sp³-hybridized carbons (Fsp3) is 0.105. The third kappa shape index (κ3) is 3.51. The molecular formula is C19H14ClN5OS. The number of thiazole rings is 1. The summed E-state index contributed by atoms with van der Waals surface area (Å²) in [7, 11) is 0. The van der Waals surface area contributed by atoms with Crippen LogP contribution in [0.1, 0.15) is 21.6 Å². The van der Waals surface area contributed by atoms with Gasteiger partial charge in [0.1, 0.15) is 5.69 Å². The number of carbonyl (C=O) groups excluding carboxylic acids is 1. The van der Waals surface area contributed by atoms with Gasteiger partial charge in [0.05, 0.1) is 28.0 Å². The maximum absolute atomic E-state index is 13.1. The van der Waals surface area contributed by atoms with Crippen molar-refractivity contribution in [3.63, 3.8) is 0 Å². The second-order valence-corrected chi connectivity index (χ2v) is 7.27. The lowest BCUT2D eigenvalue weighted by molar-refractivity contribution is 0.0980. The van der Waals surface area contributed by atoms with Crippen LogP contribution >= 0.6 is 22.9 Å². The van der Waals surface area contributed by atoms with E-state index in [-0.39, 0.29) is 11.6 Å². The average Bonchev–Trinajstić information content (AvgIpc) is 3.16. The van der Waals surface area contributed by atoms with E-state index in [1.807, 2.05) is 31.2 Å². The van der Waals surface area contributed by atoms with Crippen LogP contribution in [0.5, 0.6) is 0 Å². The molecule has 134 valence electrons. The molecule has 0 spiro atoms. The van der Waals surface area contributed by atoms with Gasteiger partial charge in [0.2, 0.25) is 0 Å². The number of amides is 1. The summed E-state index contributed by atoms with van der Waals surface area (Å²) in [4.78, 5) is 31.7. The summed E-state index contributed by atoms with van der Waals surface area (Å²) in [5.74, 6) is -0.278. The highest BCUT2D eigenvalue weighted by atomic mass is 35.5. The van der Waals surface area contributed by atoms with Crippen LogP contribution in [0.2, 0.25) is 5.02 Å². The van der Waals surface area contributed by atoms with Crippen LogP contribution in [0.15, 0.2) is 55.2 Å². The third-order valence-corrected chi connectivity index (χ3v) is 5.55. The highest BCUT2D eigenvalue weighted by Gasteiger charge is 2.24. The van der Waals surface area contributed by atoms with Crippen molar-refractivity contribution in [1.82, 2.24) is 19.9 Å². The van der Waals surface area contributed by atoms with Gasteiger partial charge in [-0.05, 0) is 30.2 Å². The fourth-order valence-electron chi connectivity index (χ4n) is 2.65. The maximum Gasteiger partial charge on any atom is 0.280 e. The highest BCUT2D eigenvalue weighted by molar-refractivity contribution is 7.23. The lowest BCUT2D eigenvalue weighted by Gasteiger charge is -2.19. The Morgan fingerprint density at radius 1 is 1.15 bits per heavy atom. The first-order valence-corrected chi connectivity index (χ1v) is 9.35. The Bertz CT molecular complexity index is 1060. The lowest BCUT2D eigenvalue weighted by Crippen LogP contribution is -2.31. The van der Waals surface area contributed by atoms with E-state index in [9.17, 15) is 4.79 Å². The smallest absolute Gasteiger partial charge is 0.278 e. The van der Waals surface area contributed by atoms with Gasteiger partial charge in [-0.25, -0.2) is 9.97 Å². The second kappa shape index (κ2) is 7.38. The lowest BCUT2D eigenvalue weighted by atomic mass is 10.2. The van der Waals surface area contributed by atoms with E-state index in [0.29, 0.717) is 16.7 Å². The summed E-state index contributed by atoms with van der Waals surface area (Å²) in [5, 5.41) is 1.17. The van der Waals surface area contributed by atoms with Crippen LogP contribution in [0.25, 0.3) is 10.2 Å². The summed E-state index contributed by atoms with van der Waals surface area (Å²) in [6.07, 6.45) is 7.89. The molecule has 0 saturated heterocycles. The van der Waals surface area contributed by atoms with Crippen LogP contribution in [0.3, 0.4) is 0 Å². The van der Waals surface area contributed by atoms with Gasteiger partial charge in [0.25, 0.3) is 5.91 Å². The Hall–Kier alpha value is -2.90. The molecule has 8 heteroatoms. The van der Waals surface area contributed by atoms with Crippen molar-refractivity contribution in [1.29, 1.82) is 0 Å². The van der Waals surface area contributed by atoms with Crippen LogP contribution in [-0.4, -0.2) is 25.8 Å². The Morgan fingerprint density at radius 3 is 2.70 bits per heavy atom. The van der Waals surface area contributed by atoms with Gasteiger partial charge in [-0.15, -0.1) is 0 Å². The molecule has 0 radical (unpaired) electrons. The largest absolute Gasteiger partial charge is 0.280 e. The number of hydrogen-bond acceptors (Lipinski definition) is 6. The van der Waals surface area contributed by atoms with Crippen molar-refractivity contribution in [2.45, 2.75) is 13.5 Å². The number of nitrogens with zero attached hydrogens (tertiary/aromatic N) is 5. The summed E-state index contributed by atoms with van der Waals surface area (Å²) in [6, 6.07) is 7.51. The number of aryl methyl sites for hydroxylation is 1. The summed E-state index contributed by atoms with van der Waals surface area (Å²) < 4.78 is 0.856. The zero-order valence-corrected chi connectivity index (χ0v) is 15.9. The van der Waals surface area contributed by atoms with Gasteiger partial charge >= 0.3 is 0 Å². The third-order valence-electron chi connectivity index (χ3n) is 4.01. The molecule has 3 aromatic heterocycles. The van der Waals surface area contributed by atoms with Gasteiger partial charge in [0, 0.05) is 24.8 Å². The summed E-state index contributed by atoms with van der Waals surface area (Å²) >= 11 is 7.72. The van der Waals surface area contributed by atoms with E-state index in [2.05, 4.69) is 19.9 Å². The van der Waals surface area contributed by atoms with Crippen molar-refractivity contribution < 1.29 is 4.79 Å². The molecule has 0 aliphatic heterocycles. The number of hydrogen-bond donors (Lipinski definition) is 0. The van der Waals surface area contributed by atoms with Crippen molar-refractivity contribution in [3.05, 3.63) is 77.1 Å². The van der Waals surface area contributed by atoms with Gasteiger partial charge in [-0.1, -0.05) is 35.1 Å². The van der Waals surface area contributed by atoms with E-state index in [1.165, 1.54) is 29.9 Å². The molecule has 0 N–H and O–H groups in total. The predicted molar refractivity (Wildman–Crippen MR) is 106 cm³/mol. The molecule has 27 heavy (non-hydrogen) atoms. The number of carbonyl (C=O) groups is 1. The first-order valence-electron chi connectivity index (χ1n) is 8.16. The van der Waals surface area contributed by atoms with Crippen LogP contribution < -0.4 is 4.90 Å². The van der Waals surface area contributed by atoms with Gasteiger partial charge in [-0.3, -0.25) is 19.7 Å². The van der Waals surface area contributed by atoms with E-state index in [0.717, 1.165) is 21.3 Å².